The van der Waals surface area contributed by atoms with Gasteiger partial charge in [0.1, 0.15) is 0 Å². The summed E-state index contributed by atoms with van der Waals surface area (Å²) >= 11 is 0. The Kier molecular flexibility index (Phi) is 3.80. The maximum atomic E-state index is 13.6. The minimum Gasteiger partial charge on any atom is -0.333 e. The lowest BCUT2D eigenvalue weighted by Gasteiger charge is -2.38. The maximum Gasteiger partial charge on any atom is 0.257 e. The Bertz CT molecular complexity index is 507. The molecule has 6 heteroatoms. The lowest BCUT2D eigenvalue weighted by Crippen LogP contribution is -2.57. The summed E-state index contributed by atoms with van der Waals surface area (Å²) in [6, 6.07) is 1.66. The second kappa shape index (κ2) is 5.21. The highest BCUT2D eigenvalue weighted by molar-refractivity contribution is 5.94. The largest absolute Gasteiger partial charge is 0.333 e. The summed E-state index contributed by atoms with van der Waals surface area (Å²) in [4.78, 5) is 13.7. The Balaban J connectivity index is 2.32. The van der Waals surface area contributed by atoms with Crippen LogP contribution < -0.4 is 5.32 Å². The number of hydrogen-bond donors (Lipinski definition) is 1. The molecule has 2 atom stereocenters. The van der Waals surface area contributed by atoms with Crippen LogP contribution >= 0.6 is 0 Å². The Morgan fingerprint density at radius 2 is 1.95 bits per heavy atom. The van der Waals surface area contributed by atoms with Crippen molar-refractivity contribution < 1.29 is 18.0 Å². The van der Waals surface area contributed by atoms with Crippen LogP contribution in [-0.2, 0) is 0 Å². The number of benzene rings is 1. The molecule has 0 spiro atoms. The summed E-state index contributed by atoms with van der Waals surface area (Å²) in [6.07, 6.45) is 0. The predicted molar refractivity (Wildman–Crippen MR) is 64.3 cm³/mol. The van der Waals surface area contributed by atoms with Gasteiger partial charge in [-0.15, -0.1) is 0 Å². The zero-order chi connectivity index (χ0) is 14.2. The molecule has 1 aliphatic heterocycles. The molecule has 1 fully saturated rings. The van der Waals surface area contributed by atoms with Gasteiger partial charge in [0.25, 0.3) is 5.91 Å². The van der Waals surface area contributed by atoms with E-state index in [0.717, 1.165) is 12.1 Å². The molecular formula is C13H15F3N2O. The third-order valence-corrected chi connectivity index (χ3v) is 3.56. The quantitative estimate of drug-likeness (QED) is 0.792. The van der Waals surface area contributed by atoms with Gasteiger partial charge in [-0.25, -0.2) is 13.2 Å². The van der Waals surface area contributed by atoms with Gasteiger partial charge in [-0.2, -0.15) is 0 Å². The van der Waals surface area contributed by atoms with E-state index in [1.165, 1.54) is 4.90 Å². The lowest BCUT2D eigenvalue weighted by molar-refractivity contribution is 0.0597. The molecule has 0 bridgehead atoms. The molecule has 0 saturated carbocycles. The van der Waals surface area contributed by atoms with Crippen molar-refractivity contribution in [3.63, 3.8) is 0 Å². The molecule has 3 nitrogen and oxygen atoms in total. The second-order valence-electron chi connectivity index (χ2n) is 4.70. The number of nitrogens with zero attached hydrogens (tertiary/aromatic N) is 1. The standard InChI is InChI=1S/C13H15F3N2O/c1-7-8(2)18(6-5-17-7)13(19)9-3-4-10(14)12(16)11(9)15/h3-4,7-8,17H,5-6H2,1-2H3. The van der Waals surface area contributed by atoms with Crippen LogP contribution in [0, 0.1) is 17.5 Å². The van der Waals surface area contributed by atoms with Crippen molar-refractivity contribution in [2.45, 2.75) is 25.9 Å². The summed E-state index contributed by atoms with van der Waals surface area (Å²) < 4.78 is 39.6. The van der Waals surface area contributed by atoms with Gasteiger partial charge in [-0.1, -0.05) is 0 Å². The molecule has 2 rings (SSSR count). The number of piperazine rings is 1. The van der Waals surface area contributed by atoms with Crippen LogP contribution in [0.4, 0.5) is 13.2 Å². The maximum absolute atomic E-state index is 13.6. The number of carbonyl (C=O) groups is 1. The molecule has 1 amide bonds. The molecule has 0 radical (unpaired) electrons. The topological polar surface area (TPSA) is 32.3 Å². The minimum absolute atomic E-state index is 0.0612. The van der Waals surface area contributed by atoms with Crippen molar-refractivity contribution >= 4 is 5.91 Å². The van der Waals surface area contributed by atoms with E-state index in [0.29, 0.717) is 13.1 Å². The van der Waals surface area contributed by atoms with E-state index in [1.807, 2.05) is 13.8 Å². The van der Waals surface area contributed by atoms with Crippen molar-refractivity contribution in [1.82, 2.24) is 10.2 Å². The fourth-order valence-electron chi connectivity index (χ4n) is 2.19. The van der Waals surface area contributed by atoms with Gasteiger partial charge in [-0.3, -0.25) is 4.79 Å². The van der Waals surface area contributed by atoms with E-state index >= 15 is 0 Å². The van der Waals surface area contributed by atoms with Crippen LogP contribution in [-0.4, -0.2) is 36.0 Å². The first-order valence-electron chi connectivity index (χ1n) is 6.11. The first-order chi connectivity index (χ1) is 8.93. The van der Waals surface area contributed by atoms with Crippen molar-refractivity contribution in [2.24, 2.45) is 0 Å². The average molecular weight is 272 g/mol. The number of hydrogen-bond acceptors (Lipinski definition) is 2. The Labute approximate surface area is 109 Å². The minimum atomic E-state index is -1.61. The molecular weight excluding hydrogens is 257 g/mol. The molecule has 1 aliphatic rings. The summed E-state index contributed by atoms with van der Waals surface area (Å²) in [7, 11) is 0. The normalized spacial score (nSPS) is 23.5. The number of nitrogens with one attached hydrogen (secondary N) is 1. The number of rotatable bonds is 1. The average Bonchev–Trinajstić information content (AvgIpc) is 2.39. The SMILES string of the molecule is CC1NCCN(C(=O)c2ccc(F)c(F)c2F)C1C. The molecule has 19 heavy (non-hydrogen) atoms. The summed E-state index contributed by atoms with van der Waals surface area (Å²) in [5.74, 6) is -4.95. The Hall–Kier alpha value is -1.56. The van der Waals surface area contributed by atoms with E-state index in [1.54, 1.807) is 0 Å². The molecule has 0 aliphatic carbocycles. The van der Waals surface area contributed by atoms with Crippen LogP contribution in [0.15, 0.2) is 12.1 Å². The first-order valence-corrected chi connectivity index (χ1v) is 6.11. The highest BCUT2D eigenvalue weighted by Gasteiger charge is 2.31. The third kappa shape index (κ3) is 2.45. The van der Waals surface area contributed by atoms with Crippen LogP contribution in [0.3, 0.4) is 0 Å². The molecule has 0 aromatic heterocycles. The fraction of sp³-hybridized carbons (Fsp3) is 0.462. The van der Waals surface area contributed by atoms with Gasteiger partial charge in [0, 0.05) is 25.2 Å². The van der Waals surface area contributed by atoms with E-state index in [9.17, 15) is 18.0 Å². The summed E-state index contributed by atoms with van der Waals surface area (Å²) in [5.41, 5.74) is -0.431. The Morgan fingerprint density at radius 1 is 1.26 bits per heavy atom. The number of halogens is 3. The third-order valence-electron chi connectivity index (χ3n) is 3.56. The zero-order valence-electron chi connectivity index (χ0n) is 10.7. The van der Waals surface area contributed by atoms with Crippen LogP contribution in [0.5, 0.6) is 0 Å². The van der Waals surface area contributed by atoms with Crippen molar-refractivity contribution in [1.29, 1.82) is 0 Å². The van der Waals surface area contributed by atoms with Crippen molar-refractivity contribution in [3.8, 4) is 0 Å². The molecule has 1 aromatic rings. The zero-order valence-corrected chi connectivity index (χ0v) is 10.7. The Morgan fingerprint density at radius 3 is 2.63 bits per heavy atom. The molecule has 1 N–H and O–H groups in total. The van der Waals surface area contributed by atoms with Crippen LogP contribution in [0.2, 0.25) is 0 Å². The van der Waals surface area contributed by atoms with Crippen molar-refractivity contribution in [2.75, 3.05) is 13.1 Å². The summed E-state index contributed by atoms with van der Waals surface area (Å²) in [6.45, 7) is 4.73. The van der Waals surface area contributed by atoms with Crippen molar-refractivity contribution in [3.05, 3.63) is 35.1 Å². The highest BCUT2D eigenvalue weighted by atomic mass is 19.2. The van der Waals surface area contributed by atoms with Crippen LogP contribution in [0.1, 0.15) is 24.2 Å². The van der Waals surface area contributed by atoms with E-state index in [-0.39, 0.29) is 12.1 Å². The molecule has 104 valence electrons. The van der Waals surface area contributed by atoms with Gasteiger partial charge < -0.3 is 10.2 Å². The van der Waals surface area contributed by atoms with Crippen LogP contribution in [0.25, 0.3) is 0 Å². The lowest BCUT2D eigenvalue weighted by atomic mass is 10.0. The predicted octanol–water partition coefficient (Wildman–Crippen LogP) is 1.93. The molecule has 1 aromatic carbocycles. The number of amides is 1. The van der Waals surface area contributed by atoms with Gasteiger partial charge in [-0.05, 0) is 26.0 Å². The van der Waals surface area contributed by atoms with Gasteiger partial charge in [0.05, 0.1) is 5.56 Å². The fourth-order valence-corrected chi connectivity index (χ4v) is 2.19. The van der Waals surface area contributed by atoms with Gasteiger partial charge in [0.2, 0.25) is 0 Å². The number of carbonyl (C=O) groups excluding carboxylic acids is 1. The van der Waals surface area contributed by atoms with E-state index in [4.69, 9.17) is 0 Å². The van der Waals surface area contributed by atoms with Gasteiger partial charge in [0.15, 0.2) is 17.5 Å². The first kappa shape index (κ1) is 13.9. The van der Waals surface area contributed by atoms with Gasteiger partial charge >= 0.3 is 0 Å². The second-order valence-corrected chi connectivity index (χ2v) is 4.70. The molecule has 1 saturated heterocycles. The van der Waals surface area contributed by atoms with E-state index in [2.05, 4.69) is 5.32 Å². The van der Waals surface area contributed by atoms with E-state index < -0.39 is 28.9 Å². The summed E-state index contributed by atoms with van der Waals surface area (Å²) in [5, 5.41) is 3.18. The molecule has 2 unspecified atom stereocenters. The smallest absolute Gasteiger partial charge is 0.257 e. The monoisotopic (exact) mass is 272 g/mol. The highest BCUT2D eigenvalue weighted by Crippen LogP contribution is 2.19. The molecule has 1 heterocycles.